The number of hydrogen-bond acceptors (Lipinski definition) is 3. The molecule has 1 atom stereocenters. The molecule has 1 aromatic carbocycles. The minimum Gasteiger partial charge on any atom is -0.329 e. The second kappa shape index (κ2) is 5.11. The molecule has 1 aliphatic heterocycles. The van der Waals surface area contributed by atoms with Crippen LogP contribution in [-0.2, 0) is 13.1 Å². The van der Waals surface area contributed by atoms with E-state index in [9.17, 15) is 0 Å². The van der Waals surface area contributed by atoms with Crippen LogP contribution < -0.4 is 5.73 Å². The molecule has 0 spiro atoms. The molecule has 3 rings (SSSR count). The molecule has 0 aliphatic carbocycles. The van der Waals surface area contributed by atoms with Crippen LogP contribution >= 0.6 is 0 Å². The number of fused-ring (bicyclic) bond motifs is 1. The van der Waals surface area contributed by atoms with E-state index < -0.39 is 0 Å². The van der Waals surface area contributed by atoms with Crippen LogP contribution in [-0.4, -0.2) is 16.4 Å². The van der Waals surface area contributed by atoms with Crippen LogP contribution in [0, 0.1) is 6.92 Å². The van der Waals surface area contributed by atoms with E-state index in [1.54, 1.807) is 0 Å². The summed E-state index contributed by atoms with van der Waals surface area (Å²) in [6, 6.07) is 13.0. The van der Waals surface area contributed by atoms with Gasteiger partial charge in [0.15, 0.2) is 0 Å². The van der Waals surface area contributed by atoms with Crippen molar-refractivity contribution in [1.29, 1.82) is 0 Å². The maximum Gasteiger partial charge on any atom is 0.0544 e. The molecule has 1 aromatic heterocycles. The first-order chi connectivity index (χ1) is 9.28. The number of nitrogens with two attached hydrogens (primary N) is 1. The van der Waals surface area contributed by atoms with Crippen LogP contribution in [0.25, 0.3) is 0 Å². The molecule has 1 aliphatic rings. The average molecular weight is 253 g/mol. The summed E-state index contributed by atoms with van der Waals surface area (Å²) in [4.78, 5) is 6.82. The lowest BCUT2D eigenvalue weighted by Crippen LogP contribution is -2.27. The fraction of sp³-hybridized carbons (Fsp3) is 0.312. The highest BCUT2D eigenvalue weighted by Crippen LogP contribution is 2.34. The number of nitrogens with zero attached hydrogens (tertiary/aromatic N) is 2. The predicted octanol–water partition coefficient (Wildman–Crippen LogP) is 2.41. The molecule has 0 radical (unpaired) electrons. The summed E-state index contributed by atoms with van der Waals surface area (Å²) in [5.74, 6) is 0. The number of aromatic nitrogens is 1. The Morgan fingerprint density at radius 2 is 2.21 bits per heavy atom. The average Bonchev–Trinajstić information content (AvgIpc) is 2.76. The number of aryl methyl sites for hydroxylation is 1. The molecule has 0 bridgehead atoms. The molecule has 0 saturated carbocycles. The van der Waals surface area contributed by atoms with Gasteiger partial charge < -0.3 is 5.73 Å². The van der Waals surface area contributed by atoms with E-state index in [0.29, 0.717) is 12.6 Å². The van der Waals surface area contributed by atoms with Crippen LogP contribution in [0.5, 0.6) is 0 Å². The fourth-order valence-electron chi connectivity index (χ4n) is 2.84. The van der Waals surface area contributed by atoms with Crippen molar-refractivity contribution in [3.63, 3.8) is 0 Å². The van der Waals surface area contributed by atoms with Gasteiger partial charge in [-0.05, 0) is 30.2 Å². The third-order valence-corrected chi connectivity index (χ3v) is 3.79. The molecule has 3 heteroatoms. The Morgan fingerprint density at radius 3 is 2.95 bits per heavy atom. The van der Waals surface area contributed by atoms with Crippen molar-refractivity contribution in [3.8, 4) is 0 Å². The lowest BCUT2D eigenvalue weighted by atomic mass is 10.0. The van der Waals surface area contributed by atoms with Gasteiger partial charge in [-0.2, -0.15) is 0 Å². The van der Waals surface area contributed by atoms with Gasteiger partial charge >= 0.3 is 0 Å². The van der Waals surface area contributed by atoms with Gasteiger partial charge in [0.25, 0.3) is 0 Å². The molecule has 98 valence electrons. The third-order valence-electron chi connectivity index (χ3n) is 3.79. The molecule has 0 fully saturated rings. The third kappa shape index (κ3) is 2.39. The standard InChI is InChI=1S/C16H19N3/c1-12-5-6-13-10-19(16(9-17)15(13)8-12)11-14-4-2-3-7-18-14/h2-8,16H,9-11,17H2,1H3. The van der Waals surface area contributed by atoms with Crippen molar-refractivity contribution >= 4 is 0 Å². The van der Waals surface area contributed by atoms with Crippen molar-refractivity contribution in [3.05, 3.63) is 65.0 Å². The number of hydrogen-bond donors (Lipinski definition) is 1. The zero-order chi connectivity index (χ0) is 13.2. The first-order valence-corrected chi connectivity index (χ1v) is 6.71. The quantitative estimate of drug-likeness (QED) is 0.913. The molecular formula is C16H19N3. The van der Waals surface area contributed by atoms with Crippen LogP contribution in [0.1, 0.15) is 28.4 Å². The van der Waals surface area contributed by atoms with E-state index in [4.69, 9.17) is 5.73 Å². The first-order valence-electron chi connectivity index (χ1n) is 6.71. The Balaban J connectivity index is 1.85. The van der Waals surface area contributed by atoms with Crippen molar-refractivity contribution in [2.24, 2.45) is 5.73 Å². The van der Waals surface area contributed by atoms with Crippen molar-refractivity contribution in [2.45, 2.75) is 26.1 Å². The van der Waals surface area contributed by atoms with E-state index in [1.807, 2.05) is 18.3 Å². The monoisotopic (exact) mass is 253 g/mol. The Labute approximate surface area is 114 Å². The fourth-order valence-corrected chi connectivity index (χ4v) is 2.84. The summed E-state index contributed by atoms with van der Waals surface area (Å²) in [5.41, 5.74) is 11.2. The molecule has 1 unspecified atom stereocenters. The Bertz CT molecular complexity index is 565. The second-order valence-electron chi connectivity index (χ2n) is 5.18. The van der Waals surface area contributed by atoms with E-state index in [-0.39, 0.29) is 0 Å². The van der Waals surface area contributed by atoms with Gasteiger partial charge in [0.05, 0.1) is 5.69 Å². The number of pyridine rings is 1. The van der Waals surface area contributed by atoms with Gasteiger partial charge in [-0.3, -0.25) is 9.88 Å². The van der Waals surface area contributed by atoms with Gasteiger partial charge in [-0.15, -0.1) is 0 Å². The maximum atomic E-state index is 5.98. The molecule has 19 heavy (non-hydrogen) atoms. The highest BCUT2D eigenvalue weighted by Gasteiger charge is 2.29. The van der Waals surface area contributed by atoms with E-state index >= 15 is 0 Å². The van der Waals surface area contributed by atoms with E-state index in [1.165, 1.54) is 16.7 Å². The summed E-state index contributed by atoms with van der Waals surface area (Å²) >= 11 is 0. The molecule has 2 N–H and O–H groups in total. The topological polar surface area (TPSA) is 42.1 Å². The molecule has 0 amide bonds. The zero-order valence-electron chi connectivity index (χ0n) is 11.2. The summed E-state index contributed by atoms with van der Waals surface area (Å²) in [7, 11) is 0. The minimum absolute atomic E-state index is 0.317. The van der Waals surface area contributed by atoms with Gasteiger partial charge in [0.1, 0.15) is 0 Å². The largest absolute Gasteiger partial charge is 0.329 e. The smallest absolute Gasteiger partial charge is 0.0544 e. The van der Waals surface area contributed by atoms with Crippen LogP contribution in [0.3, 0.4) is 0 Å². The zero-order valence-corrected chi connectivity index (χ0v) is 11.2. The van der Waals surface area contributed by atoms with Crippen molar-refractivity contribution in [1.82, 2.24) is 9.88 Å². The van der Waals surface area contributed by atoms with E-state index in [0.717, 1.165) is 18.8 Å². The van der Waals surface area contributed by atoms with Crippen LogP contribution in [0.2, 0.25) is 0 Å². The normalized spacial score (nSPS) is 18.5. The van der Waals surface area contributed by atoms with Crippen molar-refractivity contribution in [2.75, 3.05) is 6.54 Å². The van der Waals surface area contributed by atoms with Gasteiger partial charge in [-0.1, -0.05) is 29.8 Å². The van der Waals surface area contributed by atoms with Gasteiger partial charge in [0.2, 0.25) is 0 Å². The Morgan fingerprint density at radius 1 is 1.32 bits per heavy atom. The van der Waals surface area contributed by atoms with Gasteiger partial charge in [0, 0.05) is 31.9 Å². The van der Waals surface area contributed by atoms with Crippen molar-refractivity contribution < 1.29 is 0 Å². The molecular weight excluding hydrogens is 234 g/mol. The summed E-state index contributed by atoms with van der Waals surface area (Å²) in [6.45, 7) is 4.61. The SMILES string of the molecule is Cc1ccc2c(c1)C(CN)N(Cc1ccccn1)C2. The Hall–Kier alpha value is -1.71. The van der Waals surface area contributed by atoms with Gasteiger partial charge in [-0.25, -0.2) is 0 Å². The highest BCUT2D eigenvalue weighted by atomic mass is 15.2. The number of benzene rings is 1. The lowest BCUT2D eigenvalue weighted by molar-refractivity contribution is 0.208. The minimum atomic E-state index is 0.317. The molecule has 0 saturated heterocycles. The van der Waals surface area contributed by atoms with E-state index in [2.05, 4.69) is 41.1 Å². The summed E-state index contributed by atoms with van der Waals surface area (Å²) < 4.78 is 0. The molecule has 3 nitrogen and oxygen atoms in total. The van der Waals surface area contributed by atoms with Crippen LogP contribution in [0.15, 0.2) is 42.6 Å². The lowest BCUT2D eigenvalue weighted by Gasteiger charge is -2.23. The number of rotatable bonds is 3. The molecule has 2 heterocycles. The Kier molecular flexibility index (Phi) is 3.32. The molecule has 2 aromatic rings. The highest BCUT2D eigenvalue weighted by molar-refractivity contribution is 5.37. The predicted molar refractivity (Wildman–Crippen MR) is 76.5 cm³/mol. The summed E-state index contributed by atoms with van der Waals surface area (Å²) in [6.07, 6.45) is 1.85. The van der Waals surface area contributed by atoms with Crippen LogP contribution in [0.4, 0.5) is 0 Å². The summed E-state index contributed by atoms with van der Waals surface area (Å²) in [5, 5.41) is 0. The first kappa shape index (κ1) is 12.3. The second-order valence-corrected chi connectivity index (χ2v) is 5.18. The maximum absolute atomic E-state index is 5.98.